The third kappa shape index (κ3) is 2.27. The predicted octanol–water partition coefficient (Wildman–Crippen LogP) is 2.59. The first-order valence-electron chi connectivity index (χ1n) is 7.08. The average Bonchev–Trinajstić information content (AvgIpc) is 2.86. The molecule has 5 heteroatoms. The van der Waals surface area contributed by atoms with Crippen molar-refractivity contribution in [1.82, 2.24) is 9.78 Å². The van der Waals surface area contributed by atoms with Crippen LogP contribution in [0.15, 0.2) is 11.0 Å². The monoisotopic (exact) mass is 281 g/mol. The third-order valence-electron chi connectivity index (χ3n) is 4.89. The second kappa shape index (κ2) is 4.82. The van der Waals surface area contributed by atoms with Crippen LogP contribution in [-0.2, 0) is 7.05 Å². The summed E-state index contributed by atoms with van der Waals surface area (Å²) in [6.07, 6.45) is 9.68. The number of halogens is 1. The molecule has 3 rings (SSSR count). The molecular weight excluding hydrogens is 262 g/mol. The molecule has 1 aliphatic heterocycles. The number of hydrogen-bond acceptors (Lipinski definition) is 3. The molecule has 1 aromatic heterocycles. The van der Waals surface area contributed by atoms with E-state index in [4.69, 9.17) is 11.6 Å². The Morgan fingerprint density at radius 1 is 1.21 bits per heavy atom. The smallest absolute Gasteiger partial charge is 0.287 e. The summed E-state index contributed by atoms with van der Waals surface area (Å²) in [6, 6.07) is 0. The summed E-state index contributed by atoms with van der Waals surface area (Å²) in [4.78, 5) is 14.0. The van der Waals surface area contributed by atoms with E-state index in [-0.39, 0.29) is 5.56 Å². The van der Waals surface area contributed by atoms with Crippen molar-refractivity contribution in [2.75, 3.05) is 18.0 Å². The molecule has 0 unspecified atom stereocenters. The lowest BCUT2D eigenvalue weighted by Crippen LogP contribution is -2.40. The van der Waals surface area contributed by atoms with Gasteiger partial charge in [0, 0.05) is 20.1 Å². The maximum absolute atomic E-state index is 11.8. The molecule has 0 radical (unpaired) electrons. The summed E-state index contributed by atoms with van der Waals surface area (Å²) >= 11 is 6.17. The van der Waals surface area contributed by atoms with Gasteiger partial charge in [0.2, 0.25) is 0 Å². The van der Waals surface area contributed by atoms with Gasteiger partial charge in [0.15, 0.2) is 0 Å². The highest BCUT2D eigenvalue weighted by molar-refractivity contribution is 6.33. The van der Waals surface area contributed by atoms with Crippen LogP contribution in [0.4, 0.5) is 5.69 Å². The molecule has 4 nitrogen and oxygen atoms in total. The third-order valence-corrected chi connectivity index (χ3v) is 5.24. The second-order valence-corrected chi connectivity index (χ2v) is 6.34. The summed E-state index contributed by atoms with van der Waals surface area (Å²) in [5.74, 6) is 0. The molecule has 0 aromatic carbocycles. The van der Waals surface area contributed by atoms with Crippen molar-refractivity contribution in [2.45, 2.75) is 38.5 Å². The number of aromatic nitrogens is 2. The van der Waals surface area contributed by atoms with Gasteiger partial charge in [-0.2, -0.15) is 5.10 Å². The molecule has 2 fully saturated rings. The van der Waals surface area contributed by atoms with Gasteiger partial charge in [-0.05, 0) is 31.1 Å². The number of nitrogens with zero attached hydrogens (tertiary/aromatic N) is 3. The van der Waals surface area contributed by atoms with Crippen LogP contribution in [0.5, 0.6) is 0 Å². The van der Waals surface area contributed by atoms with Crippen LogP contribution in [0.1, 0.15) is 38.5 Å². The van der Waals surface area contributed by atoms with E-state index in [2.05, 4.69) is 10.00 Å². The van der Waals surface area contributed by atoms with Crippen LogP contribution in [0.3, 0.4) is 0 Å². The van der Waals surface area contributed by atoms with Gasteiger partial charge in [-0.15, -0.1) is 0 Å². The van der Waals surface area contributed by atoms with Crippen LogP contribution in [-0.4, -0.2) is 22.9 Å². The largest absolute Gasteiger partial charge is 0.369 e. The summed E-state index contributed by atoms with van der Waals surface area (Å²) in [7, 11) is 1.63. The van der Waals surface area contributed by atoms with Gasteiger partial charge in [0.05, 0.1) is 11.9 Å². The maximum Gasteiger partial charge on any atom is 0.287 e. The molecule has 2 aliphatic rings. The first-order valence-corrected chi connectivity index (χ1v) is 7.46. The standard InChI is InChI=1S/C14H20ClN3O/c1-17-13(19)12(15)11(10-16-17)18-8-6-14(7-9-18)4-2-3-5-14/h10H,2-9H2,1H3. The van der Waals surface area contributed by atoms with Gasteiger partial charge in [-0.25, -0.2) is 4.68 Å². The molecule has 104 valence electrons. The van der Waals surface area contributed by atoms with Crippen molar-refractivity contribution in [3.05, 3.63) is 21.6 Å². The van der Waals surface area contributed by atoms with Gasteiger partial charge in [-0.3, -0.25) is 4.79 Å². The van der Waals surface area contributed by atoms with E-state index in [1.165, 1.54) is 43.2 Å². The van der Waals surface area contributed by atoms with E-state index in [0.717, 1.165) is 18.8 Å². The van der Waals surface area contributed by atoms with Gasteiger partial charge in [-0.1, -0.05) is 24.4 Å². The van der Waals surface area contributed by atoms with E-state index < -0.39 is 0 Å². The molecule has 0 atom stereocenters. The zero-order valence-electron chi connectivity index (χ0n) is 11.4. The maximum atomic E-state index is 11.8. The minimum atomic E-state index is -0.208. The molecule has 2 heterocycles. The Morgan fingerprint density at radius 2 is 1.84 bits per heavy atom. The minimum Gasteiger partial charge on any atom is -0.369 e. The number of aryl methyl sites for hydroxylation is 1. The van der Waals surface area contributed by atoms with Crippen LogP contribution in [0.2, 0.25) is 5.02 Å². The lowest BCUT2D eigenvalue weighted by Gasteiger charge is -2.40. The van der Waals surface area contributed by atoms with Crippen molar-refractivity contribution in [2.24, 2.45) is 12.5 Å². The molecule has 1 saturated heterocycles. The average molecular weight is 282 g/mol. The lowest BCUT2D eigenvalue weighted by atomic mass is 9.77. The zero-order chi connectivity index (χ0) is 13.5. The van der Waals surface area contributed by atoms with Crippen molar-refractivity contribution in [1.29, 1.82) is 0 Å². The summed E-state index contributed by atoms with van der Waals surface area (Å²) in [5, 5.41) is 4.39. The van der Waals surface area contributed by atoms with Gasteiger partial charge in [0.1, 0.15) is 5.02 Å². The first-order chi connectivity index (χ1) is 9.11. The van der Waals surface area contributed by atoms with Crippen molar-refractivity contribution in [3.8, 4) is 0 Å². The Bertz CT molecular complexity index is 524. The highest BCUT2D eigenvalue weighted by atomic mass is 35.5. The number of hydrogen-bond donors (Lipinski definition) is 0. The number of piperidine rings is 1. The van der Waals surface area contributed by atoms with Gasteiger partial charge >= 0.3 is 0 Å². The normalized spacial score (nSPS) is 22.1. The fourth-order valence-electron chi connectivity index (χ4n) is 3.57. The summed E-state index contributed by atoms with van der Waals surface area (Å²) < 4.78 is 1.29. The van der Waals surface area contributed by atoms with Crippen LogP contribution in [0, 0.1) is 5.41 Å². The van der Waals surface area contributed by atoms with Gasteiger partial charge in [0.25, 0.3) is 5.56 Å². The Balaban J connectivity index is 1.78. The predicted molar refractivity (Wildman–Crippen MR) is 76.8 cm³/mol. The van der Waals surface area contributed by atoms with E-state index in [0.29, 0.717) is 10.4 Å². The molecule has 1 aromatic rings. The molecular formula is C14H20ClN3O. The SMILES string of the molecule is Cn1ncc(N2CCC3(CCCC3)CC2)c(Cl)c1=O. The van der Waals surface area contributed by atoms with Crippen molar-refractivity contribution < 1.29 is 0 Å². The minimum absolute atomic E-state index is 0.208. The van der Waals surface area contributed by atoms with Crippen LogP contribution in [0.25, 0.3) is 0 Å². The molecule has 1 aliphatic carbocycles. The van der Waals surface area contributed by atoms with E-state index >= 15 is 0 Å². The Kier molecular flexibility index (Phi) is 3.29. The molecule has 1 spiro atoms. The molecule has 19 heavy (non-hydrogen) atoms. The quantitative estimate of drug-likeness (QED) is 0.794. The fraction of sp³-hybridized carbons (Fsp3) is 0.714. The van der Waals surface area contributed by atoms with Crippen molar-refractivity contribution >= 4 is 17.3 Å². The fourth-order valence-corrected chi connectivity index (χ4v) is 3.86. The van der Waals surface area contributed by atoms with Crippen molar-refractivity contribution in [3.63, 3.8) is 0 Å². The van der Waals surface area contributed by atoms with E-state index in [1.807, 2.05) is 0 Å². The molecule has 0 bridgehead atoms. The lowest BCUT2D eigenvalue weighted by molar-refractivity contribution is 0.226. The zero-order valence-corrected chi connectivity index (χ0v) is 12.1. The van der Waals surface area contributed by atoms with E-state index in [9.17, 15) is 4.79 Å². The highest BCUT2D eigenvalue weighted by Crippen LogP contribution is 2.46. The Morgan fingerprint density at radius 3 is 2.47 bits per heavy atom. The molecule has 1 saturated carbocycles. The summed E-state index contributed by atoms with van der Waals surface area (Å²) in [5.41, 5.74) is 1.17. The molecule has 0 amide bonds. The van der Waals surface area contributed by atoms with E-state index in [1.54, 1.807) is 13.2 Å². The Labute approximate surface area is 118 Å². The molecule has 0 N–H and O–H groups in total. The Hall–Kier alpha value is -1.03. The number of rotatable bonds is 1. The second-order valence-electron chi connectivity index (χ2n) is 5.97. The van der Waals surface area contributed by atoms with Crippen LogP contribution < -0.4 is 10.5 Å². The van der Waals surface area contributed by atoms with Crippen LogP contribution >= 0.6 is 11.6 Å². The topological polar surface area (TPSA) is 38.1 Å². The first kappa shape index (κ1) is 13.0. The highest BCUT2D eigenvalue weighted by Gasteiger charge is 2.37. The number of anilines is 1. The summed E-state index contributed by atoms with van der Waals surface area (Å²) in [6.45, 7) is 1.99. The van der Waals surface area contributed by atoms with Gasteiger partial charge < -0.3 is 4.90 Å².